The molecule has 0 fully saturated rings. The van der Waals surface area contributed by atoms with Gasteiger partial charge < -0.3 is 28.5 Å². The topological polar surface area (TPSA) is 138 Å². The second-order valence-electron chi connectivity index (χ2n) is 9.47. The van der Waals surface area contributed by atoms with Gasteiger partial charge in [-0.25, -0.2) is 0 Å². The van der Waals surface area contributed by atoms with E-state index >= 15 is 0 Å². The van der Waals surface area contributed by atoms with E-state index in [0.29, 0.717) is 34.4 Å². The molecule has 38 heavy (non-hydrogen) atoms. The second-order valence-corrected chi connectivity index (χ2v) is 9.47. The molecule has 3 aromatic heterocycles. The number of nitrogens with one attached hydrogen (secondary N) is 1. The first-order valence-electron chi connectivity index (χ1n) is 11.9. The molecule has 12 heteroatoms. The third kappa shape index (κ3) is 6.20. The SMILES string of the molecule is COc1ccc(-c2nnn(CC(=O)N(Cc3ccco3)C(C(=O)NC(C)(C)C)c3ccco3)n2)cc1OC. The lowest BCUT2D eigenvalue weighted by Gasteiger charge is -2.31. The van der Waals surface area contributed by atoms with Crippen molar-refractivity contribution in [1.29, 1.82) is 0 Å². The van der Waals surface area contributed by atoms with E-state index in [2.05, 4.69) is 20.7 Å². The first-order chi connectivity index (χ1) is 18.2. The van der Waals surface area contributed by atoms with E-state index in [1.165, 1.54) is 29.3 Å². The highest BCUT2D eigenvalue weighted by molar-refractivity contribution is 5.88. The van der Waals surface area contributed by atoms with Crippen LogP contribution in [0.1, 0.15) is 38.3 Å². The monoisotopic (exact) mass is 522 g/mol. The van der Waals surface area contributed by atoms with Crippen molar-refractivity contribution in [2.24, 2.45) is 0 Å². The van der Waals surface area contributed by atoms with Gasteiger partial charge in [-0.15, -0.1) is 10.2 Å². The predicted molar refractivity (Wildman–Crippen MR) is 135 cm³/mol. The normalized spacial score (nSPS) is 12.1. The summed E-state index contributed by atoms with van der Waals surface area (Å²) in [7, 11) is 3.08. The van der Waals surface area contributed by atoms with Crippen molar-refractivity contribution < 1.29 is 27.9 Å². The Labute approximate surface area is 219 Å². The molecular weight excluding hydrogens is 492 g/mol. The number of carbonyl (C=O) groups excluding carboxylic acids is 2. The number of hydrogen-bond donors (Lipinski definition) is 1. The maximum Gasteiger partial charge on any atom is 0.251 e. The largest absolute Gasteiger partial charge is 0.493 e. The number of aromatic nitrogens is 4. The van der Waals surface area contributed by atoms with Gasteiger partial charge in [0.1, 0.15) is 18.1 Å². The van der Waals surface area contributed by atoms with E-state index in [0.717, 1.165) is 0 Å². The molecule has 4 aromatic rings. The highest BCUT2D eigenvalue weighted by Gasteiger charge is 2.36. The Morgan fingerprint density at radius 2 is 1.79 bits per heavy atom. The Hall–Kier alpha value is -4.61. The zero-order chi connectivity index (χ0) is 27.3. The van der Waals surface area contributed by atoms with Crippen molar-refractivity contribution in [3.05, 3.63) is 66.5 Å². The average molecular weight is 523 g/mol. The molecule has 0 aliphatic heterocycles. The Kier molecular flexibility index (Phi) is 7.79. The molecule has 1 aromatic carbocycles. The number of rotatable bonds is 10. The maximum atomic E-state index is 13.7. The summed E-state index contributed by atoms with van der Waals surface area (Å²) < 4.78 is 21.7. The fourth-order valence-corrected chi connectivity index (χ4v) is 3.82. The summed E-state index contributed by atoms with van der Waals surface area (Å²) in [6.07, 6.45) is 2.96. The average Bonchev–Trinajstić information content (AvgIpc) is 3.66. The highest BCUT2D eigenvalue weighted by atomic mass is 16.5. The third-order valence-electron chi connectivity index (χ3n) is 5.47. The minimum Gasteiger partial charge on any atom is -0.493 e. The first-order valence-corrected chi connectivity index (χ1v) is 11.9. The summed E-state index contributed by atoms with van der Waals surface area (Å²) in [4.78, 5) is 29.6. The highest BCUT2D eigenvalue weighted by Crippen LogP contribution is 2.31. The lowest BCUT2D eigenvalue weighted by atomic mass is 10.1. The first kappa shape index (κ1) is 26.5. The van der Waals surface area contributed by atoms with Crippen LogP contribution in [0.25, 0.3) is 11.4 Å². The second kappa shape index (κ2) is 11.2. The van der Waals surface area contributed by atoms with E-state index in [1.54, 1.807) is 49.6 Å². The molecule has 0 saturated heterocycles. The fourth-order valence-electron chi connectivity index (χ4n) is 3.82. The molecule has 1 N–H and O–H groups in total. The molecule has 0 aliphatic rings. The molecule has 12 nitrogen and oxygen atoms in total. The van der Waals surface area contributed by atoms with E-state index < -0.39 is 23.4 Å². The van der Waals surface area contributed by atoms with Crippen LogP contribution in [0, 0.1) is 0 Å². The van der Waals surface area contributed by atoms with Gasteiger partial charge in [0.2, 0.25) is 11.7 Å². The minimum absolute atomic E-state index is 0.0198. The quantitative estimate of drug-likeness (QED) is 0.333. The van der Waals surface area contributed by atoms with Crippen LogP contribution in [-0.2, 0) is 22.7 Å². The Bertz CT molecular complexity index is 1360. The van der Waals surface area contributed by atoms with Gasteiger partial charge in [0.05, 0.1) is 33.3 Å². The van der Waals surface area contributed by atoms with Crippen LogP contribution >= 0.6 is 0 Å². The van der Waals surface area contributed by atoms with Crippen LogP contribution < -0.4 is 14.8 Å². The Balaban J connectivity index is 1.62. The van der Waals surface area contributed by atoms with Gasteiger partial charge in [0, 0.05) is 11.1 Å². The standard InChI is InChI=1S/C26H30N6O6/c1-26(2,3)27-25(34)23(20-9-7-13-38-20)31(15-18-8-6-12-37-18)22(33)16-32-29-24(28-30-32)17-10-11-19(35-4)21(14-17)36-5/h6-14,23H,15-16H2,1-5H3,(H,27,34). The summed E-state index contributed by atoms with van der Waals surface area (Å²) in [5.41, 5.74) is 0.0927. The number of amides is 2. The zero-order valence-corrected chi connectivity index (χ0v) is 21.9. The van der Waals surface area contributed by atoms with Crippen LogP contribution in [0.4, 0.5) is 0 Å². The summed E-state index contributed by atoms with van der Waals surface area (Å²) >= 11 is 0. The lowest BCUT2D eigenvalue weighted by Crippen LogP contribution is -2.49. The lowest BCUT2D eigenvalue weighted by molar-refractivity contribution is -0.144. The van der Waals surface area contributed by atoms with Crippen LogP contribution in [0.15, 0.2) is 63.8 Å². The molecule has 200 valence electrons. The maximum absolute atomic E-state index is 13.7. The number of ether oxygens (including phenoxy) is 2. The van der Waals surface area contributed by atoms with E-state index in [-0.39, 0.29) is 13.1 Å². The van der Waals surface area contributed by atoms with Crippen LogP contribution in [0.5, 0.6) is 11.5 Å². The minimum atomic E-state index is -1.06. The van der Waals surface area contributed by atoms with Crippen molar-refractivity contribution in [3.8, 4) is 22.9 Å². The summed E-state index contributed by atoms with van der Waals surface area (Å²) in [5.74, 6) is 1.33. The van der Waals surface area contributed by atoms with Crippen molar-refractivity contribution in [2.45, 2.75) is 45.4 Å². The molecule has 4 rings (SSSR count). The van der Waals surface area contributed by atoms with Crippen LogP contribution in [-0.4, -0.2) is 56.7 Å². The van der Waals surface area contributed by atoms with Gasteiger partial charge in [0.15, 0.2) is 17.5 Å². The molecule has 0 spiro atoms. The molecular formula is C26H30N6O6. The third-order valence-corrected chi connectivity index (χ3v) is 5.47. The van der Waals surface area contributed by atoms with Gasteiger partial charge in [-0.05, 0) is 68.4 Å². The number of furan rings is 2. The summed E-state index contributed by atoms with van der Waals surface area (Å²) in [6, 6.07) is 10.9. The van der Waals surface area contributed by atoms with Crippen molar-refractivity contribution in [1.82, 2.24) is 30.4 Å². The molecule has 0 radical (unpaired) electrons. The predicted octanol–water partition coefficient (Wildman–Crippen LogP) is 3.23. The van der Waals surface area contributed by atoms with Gasteiger partial charge in [-0.2, -0.15) is 4.80 Å². The van der Waals surface area contributed by atoms with Crippen molar-refractivity contribution in [2.75, 3.05) is 14.2 Å². The molecule has 1 atom stereocenters. The van der Waals surface area contributed by atoms with Gasteiger partial charge in [-0.1, -0.05) is 0 Å². The smallest absolute Gasteiger partial charge is 0.251 e. The fraction of sp³-hybridized carbons (Fsp3) is 0.346. The molecule has 1 unspecified atom stereocenters. The number of carbonyl (C=O) groups is 2. The molecule has 2 amide bonds. The number of tetrazole rings is 1. The number of methoxy groups -OCH3 is 2. The Morgan fingerprint density at radius 3 is 2.42 bits per heavy atom. The number of benzene rings is 1. The Morgan fingerprint density at radius 1 is 1.05 bits per heavy atom. The zero-order valence-electron chi connectivity index (χ0n) is 21.9. The van der Waals surface area contributed by atoms with Gasteiger partial charge in [-0.3, -0.25) is 9.59 Å². The molecule has 0 aliphatic carbocycles. The van der Waals surface area contributed by atoms with Crippen molar-refractivity contribution >= 4 is 11.8 Å². The van der Waals surface area contributed by atoms with Crippen molar-refractivity contribution in [3.63, 3.8) is 0 Å². The van der Waals surface area contributed by atoms with E-state index in [1.807, 2.05) is 20.8 Å². The van der Waals surface area contributed by atoms with Gasteiger partial charge >= 0.3 is 0 Å². The van der Waals surface area contributed by atoms with E-state index in [9.17, 15) is 9.59 Å². The summed E-state index contributed by atoms with van der Waals surface area (Å²) in [6.45, 7) is 5.32. The van der Waals surface area contributed by atoms with Crippen LogP contribution in [0.3, 0.4) is 0 Å². The molecule has 0 saturated carbocycles. The number of nitrogens with zero attached hydrogens (tertiary/aromatic N) is 5. The van der Waals surface area contributed by atoms with Gasteiger partial charge in [0.25, 0.3) is 5.91 Å². The molecule has 3 heterocycles. The molecule has 0 bridgehead atoms. The number of hydrogen-bond acceptors (Lipinski definition) is 9. The summed E-state index contributed by atoms with van der Waals surface area (Å²) in [5, 5.41) is 15.4. The van der Waals surface area contributed by atoms with E-state index in [4.69, 9.17) is 18.3 Å². The van der Waals surface area contributed by atoms with Crippen LogP contribution in [0.2, 0.25) is 0 Å².